The standard InChI is InChI=1S/C14H15N3O2/c18-12(8-13-15-5-6-16-13)10-1-3-11-9(7-10)2-4-14(19)17-11/h1,3,7H,2,4-6,8H2,(H,15,16)(H,17,19). The van der Waals surface area contributed by atoms with Crippen LogP contribution < -0.4 is 10.6 Å². The number of rotatable bonds is 3. The molecule has 0 aromatic heterocycles. The first-order valence-electron chi connectivity index (χ1n) is 6.45. The summed E-state index contributed by atoms with van der Waals surface area (Å²) >= 11 is 0. The Morgan fingerprint density at radius 3 is 3.00 bits per heavy atom. The van der Waals surface area contributed by atoms with Gasteiger partial charge in [-0.1, -0.05) is 0 Å². The van der Waals surface area contributed by atoms with Crippen LogP contribution in [0, 0.1) is 0 Å². The van der Waals surface area contributed by atoms with Crippen LogP contribution in [0.4, 0.5) is 5.69 Å². The SMILES string of the molecule is O=C1CCc2cc(C(=O)CC3=NCCN3)ccc2N1. The van der Waals surface area contributed by atoms with Crippen molar-refractivity contribution < 1.29 is 9.59 Å². The zero-order chi connectivity index (χ0) is 13.2. The third-order valence-electron chi connectivity index (χ3n) is 3.39. The van der Waals surface area contributed by atoms with Crippen molar-refractivity contribution in [3.8, 4) is 0 Å². The van der Waals surface area contributed by atoms with Crippen molar-refractivity contribution in [2.45, 2.75) is 19.3 Å². The van der Waals surface area contributed by atoms with Gasteiger partial charge in [0.05, 0.1) is 13.0 Å². The van der Waals surface area contributed by atoms with Crippen LogP contribution in [0.5, 0.6) is 0 Å². The van der Waals surface area contributed by atoms with Gasteiger partial charge in [0.2, 0.25) is 5.91 Å². The first-order valence-corrected chi connectivity index (χ1v) is 6.45. The number of aliphatic imine (C=N–C) groups is 1. The summed E-state index contributed by atoms with van der Waals surface area (Å²) in [7, 11) is 0. The molecule has 2 N–H and O–H groups in total. The molecule has 0 bridgehead atoms. The molecule has 0 fully saturated rings. The monoisotopic (exact) mass is 257 g/mol. The lowest BCUT2D eigenvalue weighted by atomic mass is 9.98. The average Bonchev–Trinajstić information content (AvgIpc) is 2.91. The number of hydrogen-bond acceptors (Lipinski definition) is 4. The fraction of sp³-hybridized carbons (Fsp3) is 0.357. The van der Waals surface area contributed by atoms with Gasteiger partial charge in [-0.25, -0.2) is 0 Å². The van der Waals surface area contributed by atoms with Gasteiger partial charge in [0.25, 0.3) is 0 Å². The number of carbonyl (C=O) groups excluding carboxylic acids is 2. The summed E-state index contributed by atoms with van der Waals surface area (Å²) in [5, 5.41) is 5.91. The van der Waals surface area contributed by atoms with Crippen LogP contribution in [0.25, 0.3) is 0 Å². The number of amidine groups is 1. The molecule has 1 amide bonds. The summed E-state index contributed by atoms with van der Waals surface area (Å²) in [5.41, 5.74) is 2.54. The van der Waals surface area contributed by atoms with Crippen LogP contribution in [0.3, 0.4) is 0 Å². The summed E-state index contributed by atoms with van der Waals surface area (Å²) in [6.45, 7) is 1.57. The minimum Gasteiger partial charge on any atom is -0.372 e. The van der Waals surface area contributed by atoms with Crippen molar-refractivity contribution in [1.82, 2.24) is 5.32 Å². The van der Waals surface area contributed by atoms with Crippen molar-refractivity contribution >= 4 is 23.2 Å². The maximum atomic E-state index is 12.1. The van der Waals surface area contributed by atoms with E-state index in [0.29, 0.717) is 24.8 Å². The fourth-order valence-corrected chi connectivity index (χ4v) is 2.38. The van der Waals surface area contributed by atoms with Crippen LogP contribution in [0.15, 0.2) is 23.2 Å². The van der Waals surface area contributed by atoms with E-state index >= 15 is 0 Å². The first kappa shape index (κ1) is 11.9. The number of hydrogen-bond donors (Lipinski definition) is 2. The Labute approximate surface area is 111 Å². The van der Waals surface area contributed by atoms with Crippen LogP contribution in [0.1, 0.15) is 28.8 Å². The fourth-order valence-electron chi connectivity index (χ4n) is 2.38. The lowest BCUT2D eigenvalue weighted by Crippen LogP contribution is -2.22. The van der Waals surface area contributed by atoms with E-state index in [0.717, 1.165) is 30.2 Å². The molecule has 2 heterocycles. The molecule has 1 aromatic rings. The molecular formula is C14H15N3O2. The number of anilines is 1. The molecular weight excluding hydrogens is 242 g/mol. The highest BCUT2D eigenvalue weighted by molar-refractivity contribution is 6.09. The molecule has 2 aliphatic heterocycles. The van der Waals surface area contributed by atoms with E-state index in [1.807, 2.05) is 12.1 Å². The lowest BCUT2D eigenvalue weighted by molar-refractivity contribution is -0.116. The molecule has 5 heteroatoms. The Kier molecular flexibility index (Phi) is 3.03. The van der Waals surface area contributed by atoms with Crippen LogP contribution in [-0.4, -0.2) is 30.6 Å². The molecule has 1 aromatic carbocycles. The van der Waals surface area contributed by atoms with Crippen molar-refractivity contribution in [3.05, 3.63) is 29.3 Å². The van der Waals surface area contributed by atoms with E-state index in [1.165, 1.54) is 0 Å². The molecule has 0 atom stereocenters. The van der Waals surface area contributed by atoms with Gasteiger partial charge in [-0.15, -0.1) is 0 Å². The number of fused-ring (bicyclic) bond motifs is 1. The predicted molar refractivity (Wildman–Crippen MR) is 72.6 cm³/mol. The van der Waals surface area contributed by atoms with Crippen LogP contribution in [0.2, 0.25) is 0 Å². The van der Waals surface area contributed by atoms with E-state index in [-0.39, 0.29) is 11.7 Å². The minimum atomic E-state index is 0.0380. The third kappa shape index (κ3) is 2.50. The van der Waals surface area contributed by atoms with Crippen LogP contribution in [-0.2, 0) is 11.2 Å². The van der Waals surface area contributed by atoms with Gasteiger partial charge in [-0.2, -0.15) is 0 Å². The number of benzene rings is 1. The Balaban J connectivity index is 1.78. The topological polar surface area (TPSA) is 70.6 Å². The molecule has 19 heavy (non-hydrogen) atoms. The highest BCUT2D eigenvalue weighted by atomic mass is 16.1. The molecule has 5 nitrogen and oxygen atoms in total. The molecule has 3 rings (SSSR count). The zero-order valence-electron chi connectivity index (χ0n) is 10.5. The number of carbonyl (C=O) groups is 2. The van der Waals surface area contributed by atoms with Gasteiger partial charge in [0, 0.05) is 24.2 Å². The summed E-state index contributed by atoms with van der Waals surface area (Å²) in [6.07, 6.45) is 1.51. The molecule has 0 aliphatic carbocycles. The molecule has 0 unspecified atom stereocenters. The van der Waals surface area contributed by atoms with Gasteiger partial charge in [0.1, 0.15) is 5.84 Å². The van der Waals surface area contributed by atoms with Crippen molar-refractivity contribution in [2.75, 3.05) is 18.4 Å². The van der Waals surface area contributed by atoms with E-state index in [4.69, 9.17) is 0 Å². The van der Waals surface area contributed by atoms with Gasteiger partial charge in [0.15, 0.2) is 5.78 Å². The van der Waals surface area contributed by atoms with Gasteiger partial charge in [-0.05, 0) is 30.2 Å². The second-order valence-corrected chi connectivity index (χ2v) is 4.78. The number of Topliss-reactive ketones (excluding diaryl/α,β-unsaturated/α-hetero) is 1. The minimum absolute atomic E-state index is 0.0380. The molecule has 2 aliphatic rings. The highest BCUT2D eigenvalue weighted by Gasteiger charge is 2.18. The molecule has 0 spiro atoms. The largest absolute Gasteiger partial charge is 0.372 e. The summed E-state index contributed by atoms with van der Waals surface area (Å²) in [5.74, 6) is 0.875. The molecule has 0 saturated carbocycles. The van der Waals surface area contributed by atoms with Gasteiger partial charge >= 0.3 is 0 Å². The predicted octanol–water partition coefficient (Wildman–Crippen LogP) is 1.15. The second kappa shape index (κ2) is 4.84. The zero-order valence-corrected chi connectivity index (χ0v) is 10.5. The number of ketones is 1. The Morgan fingerprint density at radius 2 is 2.21 bits per heavy atom. The normalized spacial score (nSPS) is 17.3. The first-order chi connectivity index (χ1) is 9.22. The molecule has 0 saturated heterocycles. The van der Waals surface area contributed by atoms with E-state index < -0.39 is 0 Å². The molecule has 0 radical (unpaired) electrons. The maximum Gasteiger partial charge on any atom is 0.224 e. The summed E-state index contributed by atoms with van der Waals surface area (Å²) < 4.78 is 0. The third-order valence-corrected chi connectivity index (χ3v) is 3.39. The van der Waals surface area contributed by atoms with Crippen molar-refractivity contribution in [2.24, 2.45) is 4.99 Å². The van der Waals surface area contributed by atoms with Gasteiger partial charge in [-0.3, -0.25) is 14.6 Å². The van der Waals surface area contributed by atoms with Crippen molar-refractivity contribution in [3.63, 3.8) is 0 Å². The average molecular weight is 257 g/mol. The van der Waals surface area contributed by atoms with E-state index in [2.05, 4.69) is 15.6 Å². The van der Waals surface area contributed by atoms with Crippen molar-refractivity contribution in [1.29, 1.82) is 0 Å². The van der Waals surface area contributed by atoms with E-state index in [1.54, 1.807) is 6.07 Å². The van der Waals surface area contributed by atoms with Crippen LogP contribution >= 0.6 is 0 Å². The molecule has 98 valence electrons. The summed E-state index contributed by atoms with van der Waals surface area (Å²) in [4.78, 5) is 27.6. The number of nitrogens with one attached hydrogen (secondary N) is 2. The Bertz CT molecular complexity index is 578. The van der Waals surface area contributed by atoms with Gasteiger partial charge < -0.3 is 10.6 Å². The number of amides is 1. The lowest BCUT2D eigenvalue weighted by Gasteiger charge is -2.17. The smallest absolute Gasteiger partial charge is 0.224 e. The highest BCUT2D eigenvalue weighted by Crippen LogP contribution is 2.24. The second-order valence-electron chi connectivity index (χ2n) is 4.78. The maximum absolute atomic E-state index is 12.1. The number of nitrogens with zero attached hydrogens (tertiary/aromatic N) is 1. The Hall–Kier alpha value is -2.17. The quantitative estimate of drug-likeness (QED) is 0.798. The number of aryl methyl sites for hydroxylation is 1. The summed E-state index contributed by atoms with van der Waals surface area (Å²) in [6, 6.07) is 5.46. The van der Waals surface area contributed by atoms with E-state index in [9.17, 15) is 9.59 Å². The Morgan fingerprint density at radius 1 is 1.32 bits per heavy atom.